The average molecular weight is 273 g/mol. The molecular weight excluding hydrogens is 254 g/mol. The minimum Gasteiger partial charge on any atom is -0.385 e. The molecule has 0 aliphatic carbocycles. The molecule has 0 aliphatic rings. The quantitative estimate of drug-likeness (QED) is 0.897. The van der Waals surface area contributed by atoms with Crippen molar-refractivity contribution >= 4 is 11.6 Å². The SMILES string of the molecule is CCNc1ccncc1C(=O)N(C)Cc1nccn1C. The Balaban J connectivity index is 2.16. The molecule has 0 fully saturated rings. The maximum Gasteiger partial charge on any atom is 0.257 e. The number of aryl methyl sites for hydroxylation is 1. The smallest absolute Gasteiger partial charge is 0.257 e. The number of anilines is 1. The van der Waals surface area contributed by atoms with Crippen LogP contribution in [0.5, 0.6) is 0 Å². The lowest BCUT2D eigenvalue weighted by molar-refractivity contribution is 0.0781. The highest BCUT2D eigenvalue weighted by Gasteiger charge is 2.17. The molecule has 0 saturated heterocycles. The van der Waals surface area contributed by atoms with E-state index in [1.807, 2.05) is 30.8 Å². The van der Waals surface area contributed by atoms with Crippen LogP contribution in [-0.2, 0) is 13.6 Å². The second-order valence-electron chi connectivity index (χ2n) is 4.57. The number of nitrogens with one attached hydrogen (secondary N) is 1. The van der Waals surface area contributed by atoms with Crippen molar-refractivity contribution in [1.29, 1.82) is 0 Å². The van der Waals surface area contributed by atoms with Crippen LogP contribution in [0.25, 0.3) is 0 Å². The molecule has 0 spiro atoms. The molecule has 1 N–H and O–H groups in total. The summed E-state index contributed by atoms with van der Waals surface area (Å²) in [5.41, 5.74) is 1.38. The highest BCUT2D eigenvalue weighted by Crippen LogP contribution is 2.16. The fourth-order valence-electron chi connectivity index (χ4n) is 1.95. The van der Waals surface area contributed by atoms with Crippen LogP contribution in [-0.4, -0.2) is 38.9 Å². The van der Waals surface area contributed by atoms with Gasteiger partial charge in [-0.2, -0.15) is 0 Å². The van der Waals surface area contributed by atoms with Gasteiger partial charge < -0.3 is 14.8 Å². The van der Waals surface area contributed by atoms with Gasteiger partial charge in [-0.3, -0.25) is 9.78 Å². The van der Waals surface area contributed by atoms with Gasteiger partial charge in [-0.25, -0.2) is 4.98 Å². The van der Waals surface area contributed by atoms with Crippen LogP contribution < -0.4 is 5.32 Å². The zero-order chi connectivity index (χ0) is 14.5. The fourth-order valence-corrected chi connectivity index (χ4v) is 1.95. The molecule has 106 valence electrons. The molecule has 2 aromatic rings. The minimum absolute atomic E-state index is 0.0722. The molecule has 0 bridgehead atoms. The van der Waals surface area contributed by atoms with E-state index < -0.39 is 0 Å². The van der Waals surface area contributed by atoms with Crippen LogP contribution in [0.2, 0.25) is 0 Å². The standard InChI is InChI=1S/C14H19N5O/c1-4-16-12-5-6-15-9-11(12)14(20)19(3)10-13-17-7-8-18(13)2/h5-9H,4,10H2,1-3H3,(H,15,16). The van der Waals surface area contributed by atoms with E-state index in [-0.39, 0.29) is 5.91 Å². The molecule has 0 saturated carbocycles. The van der Waals surface area contributed by atoms with Crippen molar-refractivity contribution < 1.29 is 4.79 Å². The maximum atomic E-state index is 12.5. The first-order chi connectivity index (χ1) is 9.63. The van der Waals surface area contributed by atoms with Crippen LogP contribution in [0.4, 0.5) is 5.69 Å². The van der Waals surface area contributed by atoms with Gasteiger partial charge in [0.15, 0.2) is 0 Å². The van der Waals surface area contributed by atoms with E-state index >= 15 is 0 Å². The number of hydrogen-bond acceptors (Lipinski definition) is 4. The summed E-state index contributed by atoms with van der Waals surface area (Å²) in [6.45, 7) is 3.21. The van der Waals surface area contributed by atoms with Gasteiger partial charge in [-0.05, 0) is 13.0 Å². The first kappa shape index (κ1) is 14.0. The monoisotopic (exact) mass is 273 g/mol. The van der Waals surface area contributed by atoms with Crippen LogP contribution in [0, 0.1) is 0 Å². The van der Waals surface area contributed by atoms with Crippen molar-refractivity contribution in [2.45, 2.75) is 13.5 Å². The molecule has 0 unspecified atom stereocenters. The molecule has 6 heteroatoms. The first-order valence-corrected chi connectivity index (χ1v) is 6.53. The third-order valence-corrected chi connectivity index (χ3v) is 3.06. The van der Waals surface area contributed by atoms with Gasteiger partial charge in [-0.15, -0.1) is 0 Å². The number of carbonyl (C=O) groups excluding carboxylic acids is 1. The first-order valence-electron chi connectivity index (χ1n) is 6.53. The number of carbonyl (C=O) groups is 1. The molecule has 0 aliphatic heterocycles. The lowest BCUT2D eigenvalue weighted by Gasteiger charge is -2.18. The van der Waals surface area contributed by atoms with Gasteiger partial charge in [0.1, 0.15) is 5.82 Å². The average Bonchev–Trinajstić information content (AvgIpc) is 2.84. The van der Waals surface area contributed by atoms with E-state index in [4.69, 9.17) is 0 Å². The topological polar surface area (TPSA) is 63.1 Å². The summed E-state index contributed by atoms with van der Waals surface area (Å²) in [6, 6.07) is 1.81. The lowest BCUT2D eigenvalue weighted by Crippen LogP contribution is -2.28. The molecule has 2 rings (SSSR count). The Morgan fingerprint density at radius 2 is 2.25 bits per heavy atom. The maximum absolute atomic E-state index is 12.5. The zero-order valence-corrected chi connectivity index (χ0v) is 12.0. The summed E-state index contributed by atoms with van der Waals surface area (Å²) in [6.07, 6.45) is 6.85. The Morgan fingerprint density at radius 1 is 1.45 bits per heavy atom. The number of rotatable bonds is 5. The third kappa shape index (κ3) is 2.96. The molecule has 20 heavy (non-hydrogen) atoms. The zero-order valence-electron chi connectivity index (χ0n) is 12.0. The van der Waals surface area contributed by atoms with Gasteiger partial charge in [-0.1, -0.05) is 0 Å². The van der Waals surface area contributed by atoms with Crippen molar-refractivity contribution in [2.75, 3.05) is 18.9 Å². The van der Waals surface area contributed by atoms with Crippen molar-refractivity contribution in [3.63, 3.8) is 0 Å². The van der Waals surface area contributed by atoms with Crippen molar-refractivity contribution in [3.05, 3.63) is 42.2 Å². The van der Waals surface area contributed by atoms with E-state index in [0.717, 1.165) is 18.1 Å². The van der Waals surface area contributed by atoms with Gasteiger partial charge in [0.05, 0.1) is 17.8 Å². The summed E-state index contributed by atoms with van der Waals surface area (Å²) in [5, 5.41) is 3.17. The van der Waals surface area contributed by atoms with Crippen LogP contribution in [0.15, 0.2) is 30.9 Å². The summed E-state index contributed by atoms with van der Waals surface area (Å²) in [4.78, 5) is 22.4. The van der Waals surface area contributed by atoms with E-state index in [2.05, 4.69) is 15.3 Å². The largest absolute Gasteiger partial charge is 0.385 e. The number of hydrogen-bond donors (Lipinski definition) is 1. The second kappa shape index (κ2) is 6.18. The molecule has 0 aromatic carbocycles. The van der Waals surface area contributed by atoms with Gasteiger partial charge in [0.25, 0.3) is 5.91 Å². The Hall–Kier alpha value is -2.37. The summed E-state index contributed by atoms with van der Waals surface area (Å²) < 4.78 is 1.90. The summed E-state index contributed by atoms with van der Waals surface area (Å²) >= 11 is 0. The van der Waals surface area contributed by atoms with Crippen LogP contribution >= 0.6 is 0 Å². The number of amides is 1. The normalized spacial score (nSPS) is 10.3. The molecule has 0 radical (unpaired) electrons. The van der Waals surface area contributed by atoms with Gasteiger partial charge in [0.2, 0.25) is 0 Å². The van der Waals surface area contributed by atoms with E-state index in [1.165, 1.54) is 0 Å². The van der Waals surface area contributed by atoms with Gasteiger partial charge >= 0.3 is 0 Å². The summed E-state index contributed by atoms with van der Waals surface area (Å²) in [5.74, 6) is 0.770. The van der Waals surface area contributed by atoms with Crippen molar-refractivity contribution in [1.82, 2.24) is 19.4 Å². The highest BCUT2D eigenvalue weighted by atomic mass is 16.2. The summed E-state index contributed by atoms with van der Waals surface area (Å²) in [7, 11) is 3.68. The molecule has 6 nitrogen and oxygen atoms in total. The second-order valence-corrected chi connectivity index (χ2v) is 4.57. The van der Waals surface area contributed by atoms with Crippen molar-refractivity contribution in [2.24, 2.45) is 7.05 Å². The minimum atomic E-state index is -0.0722. The number of nitrogens with zero attached hydrogens (tertiary/aromatic N) is 4. The molecular formula is C14H19N5O. The van der Waals surface area contributed by atoms with Crippen LogP contribution in [0.3, 0.4) is 0 Å². The highest BCUT2D eigenvalue weighted by molar-refractivity contribution is 5.99. The van der Waals surface area contributed by atoms with E-state index in [9.17, 15) is 4.79 Å². The van der Waals surface area contributed by atoms with E-state index in [0.29, 0.717) is 12.1 Å². The van der Waals surface area contributed by atoms with Crippen LogP contribution in [0.1, 0.15) is 23.1 Å². The number of aromatic nitrogens is 3. The van der Waals surface area contributed by atoms with Crippen molar-refractivity contribution in [3.8, 4) is 0 Å². The Kier molecular flexibility index (Phi) is 4.34. The van der Waals surface area contributed by atoms with Gasteiger partial charge in [0, 0.05) is 45.4 Å². The molecule has 2 heterocycles. The van der Waals surface area contributed by atoms with E-state index in [1.54, 1.807) is 30.5 Å². The fraction of sp³-hybridized carbons (Fsp3) is 0.357. The Labute approximate surface area is 118 Å². The predicted octanol–water partition coefficient (Wildman–Crippen LogP) is 1.52. The number of pyridine rings is 1. The Bertz CT molecular complexity index is 593. The third-order valence-electron chi connectivity index (χ3n) is 3.06. The molecule has 0 atom stereocenters. The molecule has 1 amide bonds. The number of imidazole rings is 1. The predicted molar refractivity (Wildman–Crippen MR) is 77.4 cm³/mol. The Morgan fingerprint density at radius 3 is 2.90 bits per heavy atom. The lowest BCUT2D eigenvalue weighted by atomic mass is 10.2. The molecule has 2 aromatic heterocycles.